The van der Waals surface area contributed by atoms with Crippen molar-refractivity contribution in [3.05, 3.63) is 124 Å². The molecule has 5 aromatic carbocycles. The summed E-state index contributed by atoms with van der Waals surface area (Å²) in [6.07, 6.45) is 1.61. The quantitative estimate of drug-likeness (QED) is 0.178. The minimum Gasteiger partial charge on any atom is -0.488 e. The number of nitriles is 1. The molecular formula is C31H21BrN2O2. The fourth-order valence-corrected chi connectivity index (χ4v) is 4.41. The monoisotopic (exact) mass is 532 g/mol. The molecule has 0 aliphatic heterocycles. The zero-order chi connectivity index (χ0) is 24.9. The van der Waals surface area contributed by atoms with Crippen LogP contribution < -0.4 is 10.1 Å². The number of halogens is 1. The molecule has 5 heteroatoms. The molecule has 36 heavy (non-hydrogen) atoms. The second kappa shape index (κ2) is 10.5. The van der Waals surface area contributed by atoms with Gasteiger partial charge in [-0.25, -0.2) is 0 Å². The topological polar surface area (TPSA) is 62.1 Å². The SMILES string of the molecule is N#C/C(=C\c1c(OCc2cccc3ccccc23)ccc2ccccc12)C(=O)Nc1ccc(Br)cc1. The highest BCUT2D eigenvalue weighted by molar-refractivity contribution is 9.10. The number of fused-ring (bicyclic) bond motifs is 2. The van der Waals surface area contributed by atoms with Crippen LogP contribution >= 0.6 is 15.9 Å². The number of hydrogen-bond donors (Lipinski definition) is 1. The highest BCUT2D eigenvalue weighted by Crippen LogP contribution is 2.32. The Morgan fingerprint density at radius 2 is 1.50 bits per heavy atom. The number of nitrogens with zero attached hydrogens (tertiary/aromatic N) is 1. The van der Waals surface area contributed by atoms with Crippen molar-refractivity contribution in [3.63, 3.8) is 0 Å². The van der Waals surface area contributed by atoms with Crippen LogP contribution in [0, 0.1) is 11.3 Å². The lowest BCUT2D eigenvalue weighted by Gasteiger charge is -2.14. The first-order chi connectivity index (χ1) is 17.6. The maximum Gasteiger partial charge on any atom is 0.266 e. The summed E-state index contributed by atoms with van der Waals surface area (Å²) in [4.78, 5) is 13.0. The lowest BCUT2D eigenvalue weighted by Crippen LogP contribution is -2.13. The molecule has 5 rings (SSSR count). The molecule has 0 saturated heterocycles. The lowest BCUT2D eigenvalue weighted by molar-refractivity contribution is -0.112. The van der Waals surface area contributed by atoms with Gasteiger partial charge in [0.05, 0.1) is 0 Å². The predicted octanol–water partition coefficient (Wildman–Crippen LogP) is 7.88. The van der Waals surface area contributed by atoms with Gasteiger partial charge in [-0.05, 0) is 63.5 Å². The number of carbonyl (C=O) groups is 1. The van der Waals surface area contributed by atoms with E-state index in [1.54, 1.807) is 18.2 Å². The molecule has 0 fully saturated rings. The van der Waals surface area contributed by atoms with Crippen LogP contribution in [0.2, 0.25) is 0 Å². The summed E-state index contributed by atoms with van der Waals surface area (Å²) < 4.78 is 7.21. The van der Waals surface area contributed by atoms with Gasteiger partial charge in [0, 0.05) is 15.7 Å². The summed E-state index contributed by atoms with van der Waals surface area (Å²) in [5.41, 5.74) is 2.35. The molecule has 174 valence electrons. The van der Waals surface area contributed by atoms with Gasteiger partial charge in [-0.2, -0.15) is 5.26 Å². The van der Waals surface area contributed by atoms with Crippen molar-refractivity contribution in [2.75, 3.05) is 5.32 Å². The lowest BCUT2D eigenvalue weighted by atomic mass is 10.0. The fourth-order valence-electron chi connectivity index (χ4n) is 4.15. The largest absolute Gasteiger partial charge is 0.488 e. The van der Waals surface area contributed by atoms with Crippen LogP contribution in [0.4, 0.5) is 5.69 Å². The molecule has 0 heterocycles. The van der Waals surface area contributed by atoms with Gasteiger partial charge in [-0.3, -0.25) is 4.79 Å². The van der Waals surface area contributed by atoms with Crippen molar-refractivity contribution in [1.29, 1.82) is 5.26 Å². The average Bonchev–Trinajstić information content (AvgIpc) is 2.92. The van der Waals surface area contributed by atoms with E-state index in [1.165, 1.54) is 0 Å². The second-order valence-corrected chi connectivity index (χ2v) is 9.17. The van der Waals surface area contributed by atoms with Crippen LogP contribution in [0.5, 0.6) is 5.75 Å². The Labute approximate surface area is 217 Å². The van der Waals surface area contributed by atoms with Gasteiger partial charge in [0.25, 0.3) is 5.91 Å². The zero-order valence-corrected chi connectivity index (χ0v) is 20.8. The minimum atomic E-state index is -0.479. The Kier molecular flexibility index (Phi) is 6.79. The van der Waals surface area contributed by atoms with Gasteiger partial charge in [-0.1, -0.05) is 88.7 Å². The Hall–Kier alpha value is -4.40. The number of nitrogens with one attached hydrogen (secondary N) is 1. The van der Waals surface area contributed by atoms with E-state index in [0.717, 1.165) is 31.6 Å². The number of anilines is 1. The highest BCUT2D eigenvalue weighted by atomic mass is 79.9. The van der Waals surface area contributed by atoms with Crippen molar-refractivity contribution in [2.45, 2.75) is 6.61 Å². The van der Waals surface area contributed by atoms with E-state index in [2.05, 4.69) is 45.5 Å². The van der Waals surface area contributed by atoms with E-state index >= 15 is 0 Å². The summed E-state index contributed by atoms with van der Waals surface area (Å²) >= 11 is 3.38. The molecule has 0 aromatic heterocycles. The molecule has 0 unspecified atom stereocenters. The first kappa shape index (κ1) is 23.3. The molecule has 1 amide bonds. The number of benzene rings is 5. The Bertz CT molecular complexity index is 1640. The van der Waals surface area contributed by atoms with Crippen LogP contribution in [0.25, 0.3) is 27.6 Å². The first-order valence-corrected chi connectivity index (χ1v) is 12.2. The van der Waals surface area contributed by atoms with E-state index in [9.17, 15) is 10.1 Å². The van der Waals surface area contributed by atoms with Gasteiger partial charge < -0.3 is 10.1 Å². The van der Waals surface area contributed by atoms with Crippen LogP contribution in [-0.4, -0.2) is 5.91 Å². The third-order valence-corrected chi connectivity index (χ3v) is 6.48. The number of hydrogen-bond acceptors (Lipinski definition) is 3. The summed E-state index contributed by atoms with van der Waals surface area (Å²) in [5, 5.41) is 16.8. The smallest absolute Gasteiger partial charge is 0.266 e. The van der Waals surface area contributed by atoms with Crippen LogP contribution in [0.3, 0.4) is 0 Å². The molecule has 0 saturated carbocycles. The first-order valence-electron chi connectivity index (χ1n) is 11.4. The average molecular weight is 533 g/mol. The Morgan fingerprint density at radius 1 is 0.833 bits per heavy atom. The maximum atomic E-state index is 13.0. The Morgan fingerprint density at radius 3 is 2.25 bits per heavy atom. The maximum absolute atomic E-state index is 13.0. The molecule has 4 nitrogen and oxygen atoms in total. The molecule has 5 aromatic rings. The van der Waals surface area contributed by atoms with Crippen LogP contribution in [-0.2, 0) is 11.4 Å². The molecule has 0 aliphatic carbocycles. The van der Waals surface area contributed by atoms with E-state index < -0.39 is 5.91 Å². The number of rotatable bonds is 6. The summed E-state index contributed by atoms with van der Waals surface area (Å²) in [6, 6.07) is 35.3. The van der Waals surface area contributed by atoms with E-state index in [-0.39, 0.29) is 5.57 Å². The zero-order valence-electron chi connectivity index (χ0n) is 19.2. The molecule has 0 bridgehead atoms. The predicted molar refractivity (Wildman–Crippen MR) is 149 cm³/mol. The van der Waals surface area contributed by atoms with Crippen molar-refractivity contribution in [2.24, 2.45) is 0 Å². The molecule has 0 radical (unpaired) electrons. The standard InChI is InChI=1S/C31H21BrN2O2/c32-25-13-15-26(16-14-25)34-31(35)24(19-33)18-29-28-11-4-2-7-22(28)12-17-30(29)36-20-23-9-5-8-21-6-1-3-10-27(21)23/h1-18H,20H2,(H,34,35)/b24-18+. The molecule has 0 atom stereocenters. The Balaban J connectivity index is 1.51. The third-order valence-electron chi connectivity index (χ3n) is 5.95. The second-order valence-electron chi connectivity index (χ2n) is 8.26. The summed E-state index contributed by atoms with van der Waals surface area (Å²) in [5.74, 6) is 0.124. The molecular weight excluding hydrogens is 512 g/mol. The highest BCUT2D eigenvalue weighted by Gasteiger charge is 2.14. The van der Waals surface area contributed by atoms with Crippen molar-refractivity contribution < 1.29 is 9.53 Å². The molecule has 0 aliphatic rings. The normalized spacial score (nSPS) is 11.3. The minimum absolute atomic E-state index is 0.00992. The van der Waals surface area contributed by atoms with E-state index in [4.69, 9.17) is 4.74 Å². The van der Waals surface area contributed by atoms with Crippen molar-refractivity contribution in [1.82, 2.24) is 0 Å². The van der Waals surface area contributed by atoms with E-state index in [1.807, 2.05) is 72.8 Å². The number of carbonyl (C=O) groups excluding carboxylic acids is 1. The number of ether oxygens (including phenoxy) is 1. The summed E-state index contributed by atoms with van der Waals surface area (Å²) in [6.45, 7) is 0.355. The summed E-state index contributed by atoms with van der Waals surface area (Å²) in [7, 11) is 0. The fraction of sp³-hybridized carbons (Fsp3) is 0.0323. The van der Waals surface area contributed by atoms with Gasteiger partial charge in [0.15, 0.2) is 0 Å². The van der Waals surface area contributed by atoms with Gasteiger partial charge in [0.2, 0.25) is 0 Å². The van der Waals surface area contributed by atoms with Gasteiger partial charge in [-0.15, -0.1) is 0 Å². The number of amides is 1. The van der Waals surface area contributed by atoms with Gasteiger partial charge >= 0.3 is 0 Å². The van der Waals surface area contributed by atoms with Gasteiger partial charge in [0.1, 0.15) is 24.0 Å². The van der Waals surface area contributed by atoms with Crippen molar-refractivity contribution in [3.8, 4) is 11.8 Å². The third kappa shape index (κ3) is 5.00. The van der Waals surface area contributed by atoms with Crippen LogP contribution in [0.1, 0.15) is 11.1 Å². The van der Waals surface area contributed by atoms with E-state index in [0.29, 0.717) is 23.6 Å². The van der Waals surface area contributed by atoms with Crippen LogP contribution in [0.15, 0.2) is 113 Å². The molecule has 1 N–H and O–H groups in total. The molecule has 0 spiro atoms. The van der Waals surface area contributed by atoms with Crippen molar-refractivity contribution >= 4 is 55.1 Å².